The molecule has 0 bridgehead atoms. The standard InChI is InChI=1S/C23H36N4O3/c1-18-17-19(22(28)25-20-7-3-2-4-8-20)9-10-21(18)26-23(29)24-11-5-6-12-27-13-15-30-16-14-27/h9-10,17,20H,2-8,11-16H2,1H3,(H,25,28)(H2,24,26,29). The number of amides is 3. The summed E-state index contributed by atoms with van der Waals surface area (Å²) in [6.45, 7) is 7.26. The fraction of sp³-hybridized carbons (Fsp3) is 0.652. The second kappa shape index (κ2) is 11.9. The average molecular weight is 417 g/mol. The van der Waals surface area contributed by atoms with Crippen LogP contribution in [0.3, 0.4) is 0 Å². The van der Waals surface area contributed by atoms with Crippen LogP contribution in [0.5, 0.6) is 0 Å². The van der Waals surface area contributed by atoms with Gasteiger partial charge in [-0.15, -0.1) is 0 Å². The van der Waals surface area contributed by atoms with Gasteiger partial charge in [0, 0.05) is 36.9 Å². The first-order valence-corrected chi connectivity index (χ1v) is 11.4. The molecule has 2 aliphatic rings. The van der Waals surface area contributed by atoms with Crippen molar-refractivity contribution in [2.24, 2.45) is 0 Å². The van der Waals surface area contributed by atoms with E-state index in [2.05, 4.69) is 20.9 Å². The molecule has 0 aromatic heterocycles. The highest BCUT2D eigenvalue weighted by atomic mass is 16.5. The van der Waals surface area contributed by atoms with Gasteiger partial charge >= 0.3 is 6.03 Å². The molecular formula is C23H36N4O3. The second-order valence-corrected chi connectivity index (χ2v) is 8.38. The molecule has 0 atom stereocenters. The van der Waals surface area contributed by atoms with E-state index in [4.69, 9.17) is 4.74 Å². The Kier molecular flexibility index (Phi) is 8.96. The first-order valence-electron chi connectivity index (χ1n) is 11.4. The van der Waals surface area contributed by atoms with Crippen molar-refractivity contribution in [3.05, 3.63) is 29.3 Å². The van der Waals surface area contributed by atoms with Gasteiger partial charge in [0.15, 0.2) is 0 Å². The van der Waals surface area contributed by atoms with Gasteiger partial charge in [0.2, 0.25) is 0 Å². The van der Waals surface area contributed by atoms with Crippen LogP contribution in [-0.2, 0) is 4.74 Å². The van der Waals surface area contributed by atoms with E-state index in [-0.39, 0.29) is 11.9 Å². The predicted molar refractivity (Wildman–Crippen MR) is 119 cm³/mol. The van der Waals surface area contributed by atoms with Gasteiger partial charge in [-0.1, -0.05) is 19.3 Å². The molecule has 1 saturated heterocycles. The fourth-order valence-electron chi connectivity index (χ4n) is 4.11. The van der Waals surface area contributed by atoms with Gasteiger partial charge in [-0.2, -0.15) is 0 Å². The highest BCUT2D eigenvalue weighted by Crippen LogP contribution is 2.20. The number of benzene rings is 1. The normalized spacial score (nSPS) is 18.0. The number of nitrogens with zero attached hydrogens (tertiary/aromatic N) is 1. The molecule has 1 heterocycles. The van der Waals surface area contributed by atoms with Crippen LogP contribution >= 0.6 is 0 Å². The molecule has 3 rings (SSSR count). The summed E-state index contributed by atoms with van der Waals surface area (Å²) < 4.78 is 5.35. The minimum absolute atomic E-state index is 0.0266. The number of urea groups is 1. The van der Waals surface area contributed by atoms with Gasteiger partial charge in [0.05, 0.1) is 13.2 Å². The Bertz CT molecular complexity index is 698. The zero-order valence-electron chi connectivity index (χ0n) is 18.2. The third kappa shape index (κ3) is 7.29. The number of hydrogen-bond donors (Lipinski definition) is 3. The minimum Gasteiger partial charge on any atom is -0.379 e. The first-order chi connectivity index (χ1) is 14.6. The molecule has 3 amide bonds. The van der Waals surface area contributed by atoms with E-state index in [9.17, 15) is 9.59 Å². The molecule has 1 saturated carbocycles. The molecular weight excluding hydrogens is 380 g/mol. The summed E-state index contributed by atoms with van der Waals surface area (Å²) in [6.07, 6.45) is 7.79. The highest BCUT2D eigenvalue weighted by Gasteiger charge is 2.17. The summed E-state index contributed by atoms with van der Waals surface area (Å²) in [5.74, 6) is -0.0266. The highest BCUT2D eigenvalue weighted by molar-refractivity contribution is 5.96. The number of rotatable bonds is 8. The number of unbranched alkanes of at least 4 members (excludes halogenated alkanes) is 1. The summed E-state index contributed by atoms with van der Waals surface area (Å²) in [4.78, 5) is 27.1. The van der Waals surface area contributed by atoms with Gasteiger partial charge < -0.3 is 20.7 Å². The van der Waals surface area contributed by atoms with Gasteiger partial charge in [-0.05, 0) is 62.9 Å². The summed E-state index contributed by atoms with van der Waals surface area (Å²) >= 11 is 0. The zero-order valence-corrected chi connectivity index (χ0v) is 18.2. The van der Waals surface area contributed by atoms with E-state index < -0.39 is 0 Å². The molecule has 7 nitrogen and oxygen atoms in total. The monoisotopic (exact) mass is 416 g/mol. The van der Waals surface area contributed by atoms with Gasteiger partial charge in [-0.3, -0.25) is 9.69 Å². The van der Waals surface area contributed by atoms with Crippen molar-refractivity contribution in [2.75, 3.05) is 44.7 Å². The number of aryl methyl sites for hydroxylation is 1. The smallest absolute Gasteiger partial charge is 0.319 e. The molecule has 7 heteroatoms. The van der Waals surface area contributed by atoms with Crippen LogP contribution in [-0.4, -0.2) is 62.3 Å². The lowest BCUT2D eigenvalue weighted by Gasteiger charge is -2.26. The lowest BCUT2D eigenvalue weighted by Crippen LogP contribution is -2.37. The SMILES string of the molecule is Cc1cc(C(=O)NC2CCCCC2)ccc1NC(=O)NCCCCN1CCOCC1. The largest absolute Gasteiger partial charge is 0.379 e. The fourth-order valence-corrected chi connectivity index (χ4v) is 4.11. The van der Waals surface area contributed by atoms with E-state index in [1.54, 1.807) is 6.07 Å². The van der Waals surface area contributed by atoms with E-state index in [0.29, 0.717) is 18.2 Å². The number of anilines is 1. The van der Waals surface area contributed by atoms with Crippen molar-refractivity contribution in [1.29, 1.82) is 0 Å². The van der Waals surface area contributed by atoms with E-state index >= 15 is 0 Å². The maximum Gasteiger partial charge on any atom is 0.319 e. The van der Waals surface area contributed by atoms with E-state index in [0.717, 1.165) is 69.8 Å². The Balaban J connectivity index is 1.36. The minimum atomic E-state index is -0.205. The molecule has 3 N–H and O–H groups in total. The molecule has 1 aromatic carbocycles. The van der Waals surface area contributed by atoms with Crippen molar-refractivity contribution in [1.82, 2.24) is 15.5 Å². The zero-order chi connectivity index (χ0) is 21.2. The van der Waals surface area contributed by atoms with Crippen molar-refractivity contribution in [3.8, 4) is 0 Å². The van der Waals surface area contributed by atoms with Crippen LogP contribution < -0.4 is 16.0 Å². The number of nitrogens with one attached hydrogen (secondary N) is 3. The topological polar surface area (TPSA) is 82.7 Å². The van der Waals surface area contributed by atoms with Crippen LogP contribution in [0, 0.1) is 6.92 Å². The number of hydrogen-bond acceptors (Lipinski definition) is 4. The van der Waals surface area contributed by atoms with E-state index in [1.165, 1.54) is 19.3 Å². The first kappa shape index (κ1) is 22.6. The predicted octanol–water partition coefficient (Wildman–Crippen LogP) is 3.29. The molecule has 30 heavy (non-hydrogen) atoms. The quantitative estimate of drug-likeness (QED) is 0.568. The molecule has 1 aromatic rings. The van der Waals surface area contributed by atoms with Crippen molar-refractivity contribution < 1.29 is 14.3 Å². The molecule has 1 aliphatic heterocycles. The number of morpholine rings is 1. The van der Waals surface area contributed by atoms with Crippen LogP contribution in [0.2, 0.25) is 0 Å². The Hall–Kier alpha value is -2.12. The van der Waals surface area contributed by atoms with Gasteiger partial charge in [0.25, 0.3) is 5.91 Å². The summed E-state index contributed by atoms with van der Waals surface area (Å²) in [5.41, 5.74) is 2.26. The molecule has 2 fully saturated rings. The third-order valence-corrected chi connectivity index (χ3v) is 5.97. The second-order valence-electron chi connectivity index (χ2n) is 8.38. The van der Waals surface area contributed by atoms with E-state index in [1.807, 2.05) is 19.1 Å². The summed E-state index contributed by atoms with van der Waals surface area (Å²) in [6, 6.07) is 5.52. The molecule has 0 spiro atoms. The van der Waals surface area contributed by atoms with Crippen LogP contribution in [0.4, 0.5) is 10.5 Å². The summed E-state index contributed by atoms with van der Waals surface area (Å²) in [5, 5.41) is 8.94. The molecule has 0 radical (unpaired) electrons. The molecule has 0 unspecified atom stereocenters. The Labute approximate surface area is 179 Å². The van der Waals surface area contributed by atoms with Crippen LogP contribution in [0.25, 0.3) is 0 Å². The number of ether oxygens (including phenoxy) is 1. The average Bonchev–Trinajstić information content (AvgIpc) is 2.76. The van der Waals surface area contributed by atoms with Crippen LogP contribution in [0.15, 0.2) is 18.2 Å². The summed E-state index contributed by atoms with van der Waals surface area (Å²) in [7, 11) is 0. The Morgan fingerprint density at radius 1 is 1.10 bits per heavy atom. The maximum atomic E-state index is 12.5. The Morgan fingerprint density at radius 3 is 2.60 bits per heavy atom. The maximum absolute atomic E-state index is 12.5. The molecule has 1 aliphatic carbocycles. The van der Waals surface area contributed by atoms with Crippen molar-refractivity contribution in [3.63, 3.8) is 0 Å². The lowest BCUT2D eigenvalue weighted by molar-refractivity contribution is 0.0372. The van der Waals surface area contributed by atoms with Gasteiger partial charge in [0.1, 0.15) is 0 Å². The number of carbonyl (C=O) groups excluding carboxylic acids is 2. The number of carbonyl (C=O) groups is 2. The van der Waals surface area contributed by atoms with Crippen molar-refractivity contribution >= 4 is 17.6 Å². The van der Waals surface area contributed by atoms with Gasteiger partial charge in [-0.25, -0.2) is 4.79 Å². The Morgan fingerprint density at radius 2 is 1.87 bits per heavy atom. The van der Waals surface area contributed by atoms with Crippen molar-refractivity contribution in [2.45, 2.75) is 57.9 Å². The van der Waals surface area contributed by atoms with Crippen LogP contribution in [0.1, 0.15) is 60.9 Å². The third-order valence-electron chi connectivity index (χ3n) is 5.97. The lowest BCUT2D eigenvalue weighted by atomic mass is 9.95. The molecule has 166 valence electrons.